The number of thiophene rings is 1. The SMILES string of the molecule is [B]c1nc2ccc(C(=O)Nc3sc4c(c3C(N)=O)CCCC4)cc2[nH]1. The number of rotatable bonds is 3. The molecule has 0 atom stereocenters. The lowest BCUT2D eigenvalue weighted by molar-refractivity contribution is 0.100. The number of anilines is 1. The molecule has 0 saturated heterocycles. The van der Waals surface area contributed by atoms with Gasteiger partial charge in [-0.3, -0.25) is 9.59 Å². The van der Waals surface area contributed by atoms with Gasteiger partial charge in [-0.1, -0.05) is 0 Å². The van der Waals surface area contributed by atoms with Gasteiger partial charge in [0, 0.05) is 16.2 Å². The van der Waals surface area contributed by atoms with Crippen molar-refractivity contribution < 1.29 is 9.59 Å². The third-order valence-electron chi connectivity index (χ3n) is 4.41. The number of H-pyrrole nitrogens is 1. The second kappa shape index (κ2) is 6.04. The zero-order valence-corrected chi connectivity index (χ0v) is 14.2. The number of hydrogen-bond donors (Lipinski definition) is 3. The Morgan fingerprint density at radius 2 is 2.08 bits per heavy atom. The van der Waals surface area contributed by atoms with Gasteiger partial charge in [-0.2, -0.15) is 0 Å². The van der Waals surface area contributed by atoms with E-state index < -0.39 is 5.91 Å². The van der Waals surface area contributed by atoms with Crippen LogP contribution in [0.3, 0.4) is 0 Å². The predicted molar refractivity (Wildman–Crippen MR) is 98.9 cm³/mol. The maximum Gasteiger partial charge on any atom is 0.256 e. The summed E-state index contributed by atoms with van der Waals surface area (Å²) in [4.78, 5) is 32.7. The molecule has 0 bridgehead atoms. The van der Waals surface area contributed by atoms with Crippen LogP contribution in [-0.4, -0.2) is 29.6 Å². The second-order valence-electron chi connectivity index (χ2n) is 6.09. The monoisotopic (exact) mass is 350 g/mol. The van der Waals surface area contributed by atoms with Crippen LogP contribution >= 0.6 is 11.3 Å². The highest BCUT2D eigenvalue weighted by Crippen LogP contribution is 2.38. The van der Waals surface area contributed by atoms with E-state index in [4.69, 9.17) is 13.6 Å². The topological polar surface area (TPSA) is 101 Å². The van der Waals surface area contributed by atoms with Crippen LogP contribution in [0.4, 0.5) is 5.00 Å². The minimum Gasteiger partial charge on any atom is -0.365 e. The van der Waals surface area contributed by atoms with Crippen molar-refractivity contribution in [3.05, 3.63) is 39.8 Å². The number of nitrogens with two attached hydrogens (primary N) is 1. The molecule has 2 amide bonds. The Morgan fingerprint density at radius 1 is 1.28 bits per heavy atom. The van der Waals surface area contributed by atoms with Gasteiger partial charge < -0.3 is 16.0 Å². The lowest BCUT2D eigenvalue weighted by Gasteiger charge is -2.11. The lowest BCUT2D eigenvalue weighted by Crippen LogP contribution is -2.18. The smallest absolute Gasteiger partial charge is 0.256 e. The van der Waals surface area contributed by atoms with Gasteiger partial charge >= 0.3 is 0 Å². The summed E-state index contributed by atoms with van der Waals surface area (Å²) in [6.07, 6.45) is 3.89. The fourth-order valence-corrected chi connectivity index (χ4v) is 4.55. The second-order valence-corrected chi connectivity index (χ2v) is 7.19. The third kappa shape index (κ3) is 2.82. The normalized spacial score (nSPS) is 13.6. The molecule has 0 aliphatic heterocycles. The Balaban J connectivity index is 1.67. The average molecular weight is 350 g/mol. The van der Waals surface area contributed by atoms with E-state index in [1.165, 1.54) is 11.3 Å². The number of carbonyl (C=O) groups excluding carboxylic acids is 2. The molecule has 1 aliphatic carbocycles. The van der Waals surface area contributed by atoms with Gasteiger partial charge in [-0.25, -0.2) is 4.98 Å². The molecule has 8 heteroatoms. The summed E-state index contributed by atoms with van der Waals surface area (Å²) in [6, 6.07) is 5.09. The van der Waals surface area contributed by atoms with Crippen molar-refractivity contribution in [1.29, 1.82) is 0 Å². The lowest BCUT2D eigenvalue weighted by atomic mass is 9.95. The van der Waals surface area contributed by atoms with E-state index >= 15 is 0 Å². The van der Waals surface area contributed by atoms with Crippen molar-refractivity contribution in [2.24, 2.45) is 5.73 Å². The molecule has 0 saturated carbocycles. The van der Waals surface area contributed by atoms with Gasteiger partial charge in [0.1, 0.15) is 5.00 Å². The Bertz CT molecular complexity index is 1010. The summed E-state index contributed by atoms with van der Waals surface area (Å²) >= 11 is 1.45. The van der Waals surface area contributed by atoms with Crippen molar-refractivity contribution in [3.63, 3.8) is 0 Å². The standard InChI is InChI=1S/C17H15BN4O2S/c18-17-20-10-6-5-8(7-11(10)21-17)15(24)22-16-13(14(19)23)9-3-1-2-4-12(9)25-16/h5-7H,1-4H2,(H2,19,23)(H,20,21)(H,22,24). The molecule has 6 nitrogen and oxygen atoms in total. The summed E-state index contributed by atoms with van der Waals surface area (Å²) < 4.78 is 0. The summed E-state index contributed by atoms with van der Waals surface area (Å²) in [5.41, 5.74) is 9.15. The molecular weight excluding hydrogens is 335 g/mol. The Labute approximate surface area is 149 Å². The van der Waals surface area contributed by atoms with E-state index in [2.05, 4.69) is 15.3 Å². The van der Waals surface area contributed by atoms with E-state index in [1.54, 1.807) is 18.2 Å². The molecule has 4 N–H and O–H groups in total. The van der Waals surface area contributed by atoms with Crippen LogP contribution in [0, 0.1) is 0 Å². The highest BCUT2D eigenvalue weighted by atomic mass is 32.1. The van der Waals surface area contributed by atoms with E-state index in [-0.39, 0.29) is 5.91 Å². The summed E-state index contributed by atoms with van der Waals surface area (Å²) in [5, 5.41) is 3.39. The number of primary amides is 1. The van der Waals surface area contributed by atoms with Gasteiger partial charge in [-0.05, 0) is 49.4 Å². The van der Waals surface area contributed by atoms with Gasteiger partial charge in [0.25, 0.3) is 11.8 Å². The molecule has 2 heterocycles. The van der Waals surface area contributed by atoms with Crippen molar-refractivity contribution in [2.75, 3.05) is 5.32 Å². The maximum atomic E-state index is 12.6. The first-order valence-corrected chi connectivity index (χ1v) is 8.85. The van der Waals surface area contributed by atoms with Gasteiger partial charge in [0.05, 0.1) is 16.6 Å². The van der Waals surface area contributed by atoms with E-state index in [1.807, 2.05) is 0 Å². The first-order valence-electron chi connectivity index (χ1n) is 8.04. The number of aromatic nitrogens is 2. The van der Waals surface area contributed by atoms with Crippen molar-refractivity contribution in [3.8, 4) is 0 Å². The Kier molecular flexibility index (Phi) is 3.84. The number of nitrogens with one attached hydrogen (secondary N) is 2. The first kappa shape index (κ1) is 15.9. The number of amides is 2. The molecule has 1 aliphatic rings. The fourth-order valence-electron chi connectivity index (χ4n) is 3.26. The zero-order valence-electron chi connectivity index (χ0n) is 13.4. The van der Waals surface area contributed by atoms with Crippen LogP contribution in [0.15, 0.2) is 18.2 Å². The van der Waals surface area contributed by atoms with Crippen molar-refractivity contribution in [2.45, 2.75) is 25.7 Å². The highest BCUT2D eigenvalue weighted by molar-refractivity contribution is 7.17. The largest absolute Gasteiger partial charge is 0.365 e. The number of aromatic amines is 1. The van der Waals surface area contributed by atoms with E-state index in [0.29, 0.717) is 32.9 Å². The number of hydrogen-bond acceptors (Lipinski definition) is 4. The predicted octanol–water partition coefficient (Wildman–Crippen LogP) is 1.65. The van der Waals surface area contributed by atoms with Crippen LogP contribution in [0.2, 0.25) is 0 Å². The average Bonchev–Trinajstić information content (AvgIpc) is 3.12. The van der Waals surface area contributed by atoms with Gasteiger partial charge in [0.15, 0.2) is 7.85 Å². The first-order chi connectivity index (χ1) is 12.0. The van der Waals surface area contributed by atoms with Crippen molar-refractivity contribution >= 4 is 52.8 Å². The number of nitrogens with zero attached hydrogens (tertiary/aromatic N) is 1. The molecule has 0 unspecified atom stereocenters. The number of carbonyl (C=O) groups is 2. The highest BCUT2D eigenvalue weighted by Gasteiger charge is 2.25. The summed E-state index contributed by atoms with van der Waals surface area (Å²) in [7, 11) is 5.63. The minimum atomic E-state index is -0.494. The van der Waals surface area contributed by atoms with Gasteiger partial charge in [-0.15, -0.1) is 11.3 Å². The minimum absolute atomic E-state index is 0.295. The number of benzene rings is 1. The summed E-state index contributed by atoms with van der Waals surface area (Å²) in [5.74, 6) is -0.789. The fraction of sp³-hybridized carbons (Fsp3) is 0.235. The van der Waals surface area contributed by atoms with E-state index in [9.17, 15) is 9.59 Å². The zero-order chi connectivity index (χ0) is 17.6. The van der Waals surface area contributed by atoms with Crippen LogP contribution in [0.25, 0.3) is 11.0 Å². The molecular formula is C17H15BN4O2S. The van der Waals surface area contributed by atoms with Crippen LogP contribution in [0.5, 0.6) is 0 Å². The quantitative estimate of drug-likeness (QED) is 0.626. The third-order valence-corrected chi connectivity index (χ3v) is 5.61. The van der Waals surface area contributed by atoms with E-state index in [0.717, 1.165) is 36.1 Å². The number of imidazole rings is 1. The molecule has 3 aromatic rings. The molecule has 2 radical (unpaired) electrons. The van der Waals surface area contributed by atoms with Crippen LogP contribution < -0.4 is 16.8 Å². The molecule has 4 rings (SSSR count). The molecule has 25 heavy (non-hydrogen) atoms. The van der Waals surface area contributed by atoms with Crippen molar-refractivity contribution in [1.82, 2.24) is 9.97 Å². The van der Waals surface area contributed by atoms with Gasteiger partial charge in [0.2, 0.25) is 0 Å². The Morgan fingerprint density at radius 3 is 2.88 bits per heavy atom. The van der Waals surface area contributed by atoms with Crippen LogP contribution in [0.1, 0.15) is 44.0 Å². The Hall–Kier alpha value is -2.61. The number of fused-ring (bicyclic) bond motifs is 2. The maximum absolute atomic E-state index is 12.6. The molecule has 0 fully saturated rings. The summed E-state index contributed by atoms with van der Waals surface area (Å²) in [6.45, 7) is 0. The van der Waals surface area contributed by atoms with Crippen LogP contribution in [-0.2, 0) is 12.8 Å². The molecule has 1 aromatic carbocycles. The molecule has 0 spiro atoms. The molecule has 2 aromatic heterocycles. The molecule has 124 valence electrons. The number of aryl methyl sites for hydroxylation is 1.